The number of thiazole rings is 1. The molecule has 3 heterocycles. The summed E-state index contributed by atoms with van der Waals surface area (Å²) in [4.78, 5) is 30.4. The van der Waals surface area contributed by atoms with Crippen LogP contribution in [0.5, 0.6) is 0 Å². The maximum atomic E-state index is 12.7. The van der Waals surface area contributed by atoms with Gasteiger partial charge in [0.15, 0.2) is 10.9 Å². The monoisotopic (exact) mass is 360 g/mol. The van der Waals surface area contributed by atoms with Crippen LogP contribution in [0, 0.1) is 0 Å². The summed E-state index contributed by atoms with van der Waals surface area (Å²) in [5.41, 5.74) is 0.814. The Balaban J connectivity index is 1.48. The first-order valence-corrected chi connectivity index (χ1v) is 9.38. The lowest BCUT2D eigenvalue weighted by Gasteiger charge is -2.22. The van der Waals surface area contributed by atoms with E-state index in [1.807, 2.05) is 0 Å². The molecule has 4 rings (SSSR count). The standard InChI is InChI=1S/C17H20N4O3S/c22-15(19-10-6-7-18-9-10)11-3-1-5-13-14(11)20-17(25-13)21-16(23)12-4-2-8-24-12/h2,4,8,10-11,18H,1,3,5-7,9H2,(H,19,22)(H,20,21,23). The maximum Gasteiger partial charge on any atom is 0.293 e. The minimum Gasteiger partial charge on any atom is -0.459 e. The van der Waals surface area contributed by atoms with Gasteiger partial charge in [-0.15, -0.1) is 11.3 Å². The van der Waals surface area contributed by atoms with E-state index >= 15 is 0 Å². The number of fused-ring (bicyclic) bond motifs is 1. The smallest absolute Gasteiger partial charge is 0.293 e. The fourth-order valence-electron chi connectivity index (χ4n) is 3.37. The Morgan fingerprint density at radius 2 is 2.28 bits per heavy atom. The Morgan fingerprint density at radius 1 is 1.36 bits per heavy atom. The molecular formula is C17H20N4O3S. The summed E-state index contributed by atoms with van der Waals surface area (Å²) < 4.78 is 5.10. The number of aromatic nitrogens is 1. The van der Waals surface area contributed by atoms with Gasteiger partial charge in [-0.25, -0.2) is 4.98 Å². The van der Waals surface area contributed by atoms with Gasteiger partial charge in [0.2, 0.25) is 5.91 Å². The number of amides is 2. The van der Waals surface area contributed by atoms with Crippen LogP contribution in [0.3, 0.4) is 0 Å². The summed E-state index contributed by atoms with van der Waals surface area (Å²) in [7, 11) is 0. The molecule has 2 atom stereocenters. The summed E-state index contributed by atoms with van der Waals surface area (Å²) >= 11 is 1.45. The van der Waals surface area contributed by atoms with E-state index in [1.54, 1.807) is 12.1 Å². The van der Waals surface area contributed by atoms with Gasteiger partial charge in [-0.2, -0.15) is 0 Å². The Labute approximate surface area is 149 Å². The third-order valence-corrected chi connectivity index (χ3v) is 5.69. The lowest BCUT2D eigenvalue weighted by molar-refractivity contribution is -0.123. The number of anilines is 1. The van der Waals surface area contributed by atoms with Crippen LogP contribution < -0.4 is 16.0 Å². The highest BCUT2D eigenvalue weighted by atomic mass is 32.1. The van der Waals surface area contributed by atoms with Crippen molar-refractivity contribution >= 4 is 28.3 Å². The van der Waals surface area contributed by atoms with Crippen LogP contribution in [0.2, 0.25) is 0 Å². The Hall–Kier alpha value is -2.19. The van der Waals surface area contributed by atoms with Crippen LogP contribution >= 0.6 is 11.3 Å². The number of aryl methyl sites for hydroxylation is 1. The zero-order chi connectivity index (χ0) is 17.2. The van der Waals surface area contributed by atoms with E-state index in [0.717, 1.165) is 49.3 Å². The summed E-state index contributed by atoms with van der Waals surface area (Å²) in [5.74, 6) is -0.260. The van der Waals surface area contributed by atoms with Crippen molar-refractivity contribution in [1.29, 1.82) is 0 Å². The first-order chi connectivity index (χ1) is 12.2. The molecule has 3 N–H and O–H groups in total. The van der Waals surface area contributed by atoms with Crippen molar-refractivity contribution in [2.24, 2.45) is 0 Å². The van der Waals surface area contributed by atoms with E-state index in [2.05, 4.69) is 20.9 Å². The fourth-order valence-corrected chi connectivity index (χ4v) is 4.43. The molecule has 1 saturated heterocycles. The lowest BCUT2D eigenvalue weighted by Crippen LogP contribution is -2.40. The Morgan fingerprint density at radius 3 is 3.04 bits per heavy atom. The van der Waals surface area contributed by atoms with Crippen LogP contribution in [0.1, 0.15) is 46.3 Å². The summed E-state index contributed by atoms with van der Waals surface area (Å²) in [6, 6.07) is 3.48. The van der Waals surface area contributed by atoms with Gasteiger partial charge in [0.05, 0.1) is 17.9 Å². The Bertz CT molecular complexity index is 765. The molecule has 7 nitrogen and oxygen atoms in total. The second kappa shape index (κ2) is 6.97. The van der Waals surface area contributed by atoms with Crippen LogP contribution in [0.25, 0.3) is 0 Å². The molecule has 2 aromatic heterocycles. The minimum absolute atomic E-state index is 0.0452. The third-order valence-electron chi connectivity index (χ3n) is 4.64. The highest BCUT2D eigenvalue weighted by Crippen LogP contribution is 2.37. The van der Waals surface area contributed by atoms with Gasteiger partial charge in [0, 0.05) is 17.5 Å². The molecule has 0 saturated carbocycles. The van der Waals surface area contributed by atoms with E-state index in [9.17, 15) is 9.59 Å². The van der Waals surface area contributed by atoms with E-state index in [-0.39, 0.29) is 29.5 Å². The highest BCUT2D eigenvalue weighted by molar-refractivity contribution is 7.15. The zero-order valence-corrected chi connectivity index (χ0v) is 14.5. The van der Waals surface area contributed by atoms with Crippen LogP contribution in [-0.4, -0.2) is 35.9 Å². The average Bonchev–Trinajstić information content (AvgIpc) is 3.35. The zero-order valence-electron chi connectivity index (χ0n) is 13.7. The third kappa shape index (κ3) is 3.45. The highest BCUT2D eigenvalue weighted by Gasteiger charge is 2.32. The van der Waals surface area contributed by atoms with E-state index in [4.69, 9.17) is 4.42 Å². The van der Waals surface area contributed by atoms with Gasteiger partial charge in [0.25, 0.3) is 5.91 Å². The molecule has 0 spiro atoms. The molecule has 1 aliphatic carbocycles. The first-order valence-electron chi connectivity index (χ1n) is 8.56. The van der Waals surface area contributed by atoms with Gasteiger partial charge in [-0.3, -0.25) is 14.9 Å². The number of nitrogens with one attached hydrogen (secondary N) is 3. The van der Waals surface area contributed by atoms with Gasteiger partial charge >= 0.3 is 0 Å². The lowest BCUT2D eigenvalue weighted by atomic mass is 9.90. The number of rotatable bonds is 4. The van der Waals surface area contributed by atoms with E-state index < -0.39 is 0 Å². The van der Waals surface area contributed by atoms with Crippen LogP contribution in [0.4, 0.5) is 5.13 Å². The van der Waals surface area contributed by atoms with E-state index in [1.165, 1.54) is 17.6 Å². The molecular weight excluding hydrogens is 340 g/mol. The molecule has 1 aliphatic heterocycles. The molecule has 1 fully saturated rings. The summed E-state index contributed by atoms with van der Waals surface area (Å²) in [6.07, 6.45) is 5.08. The van der Waals surface area contributed by atoms with Gasteiger partial charge in [-0.05, 0) is 44.4 Å². The fraction of sp³-hybridized carbons (Fsp3) is 0.471. The maximum absolute atomic E-state index is 12.7. The van der Waals surface area contributed by atoms with Gasteiger partial charge in [0.1, 0.15) is 0 Å². The average molecular weight is 360 g/mol. The molecule has 2 unspecified atom stereocenters. The molecule has 2 amide bonds. The van der Waals surface area contributed by atoms with E-state index in [0.29, 0.717) is 5.13 Å². The molecule has 0 aromatic carbocycles. The predicted octanol–water partition coefficient (Wildman–Crippen LogP) is 1.89. The molecule has 0 radical (unpaired) electrons. The molecule has 2 aliphatic rings. The molecule has 25 heavy (non-hydrogen) atoms. The number of nitrogens with zero attached hydrogens (tertiary/aromatic N) is 1. The predicted molar refractivity (Wildman–Crippen MR) is 93.9 cm³/mol. The minimum atomic E-state index is -0.325. The quantitative estimate of drug-likeness (QED) is 0.774. The number of hydrogen-bond donors (Lipinski definition) is 3. The molecule has 0 bridgehead atoms. The SMILES string of the molecule is O=C(Nc1nc2c(s1)CCCC2C(=O)NC1CCNC1)c1ccco1. The normalized spacial score (nSPS) is 22.4. The summed E-state index contributed by atoms with van der Waals surface area (Å²) in [5, 5.41) is 9.67. The molecule has 8 heteroatoms. The van der Waals surface area contributed by atoms with Crippen molar-refractivity contribution in [1.82, 2.24) is 15.6 Å². The number of hydrogen-bond acceptors (Lipinski definition) is 6. The van der Waals surface area contributed by atoms with Crippen LogP contribution in [-0.2, 0) is 11.2 Å². The summed E-state index contributed by atoms with van der Waals surface area (Å²) in [6.45, 7) is 1.77. The van der Waals surface area contributed by atoms with Crippen molar-refractivity contribution in [3.05, 3.63) is 34.7 Å². The van der Waals surface area contributed by atoms with Crippen molar-refractivity contribution in [2.45, 2.75) is 37.6 Å². The van der Waals surface area contributed by atoms with Crippen LogP contribution in [0.15, 0.2) is 22.8 Å². The topological polar surface area (TPSA) is 96.3 Å². The number of furan rings is 1. The van der Waals surface area contributed by atoms with Crippen molar-refractivity contribution in [3.63, 3.8) is 0 Å². The number of carbonyl (C=O) groups excluding carboxylic acids is 2. The van der Waals surface area contributed by atoms with Gasteiger partial charge in [-0.1, -0.05) is 0 Å². The molecule has 2 aromatic rings. The van der Waals surface area contributed by atoms with Crippen molar-refractivity contribution in [2.75, 3.05) is 18.4 Å². The van der Waals surface area contributed by atoms with Gasteiger partial charge < -0.3 is 15.1 Å². The second-order valence-electron chi connectivity index (χ2n) is 6.40. The Kier molecular flexibility index (Phi) is 4.54. The number of carbonyl (C=O) groups is 2. The second-order valence-corrected chi connectivity index (χ2v) is 7.49. The largest absolute Gasteiger partial charge is 0.459 e. The van der Waals surface area contributed by atoms with Crippen molar-refractivity contribution < 1.29 is 14.0 Å². The first kappa shape index (κ1) is 16.3. The van der Waals surface area contributed by atoms with Crippen molar-refractivity contribution in [3.8, 4) is 0 Å². The molecule has 132 valence electrons.